The minimum atomic E-state index is 0.00287. The van der Waals surface area contributed by atoms with Crippen molar-refractivity contribution in [2.75, 3.05) is 0 Å². The van der Waals surface area contributed by atoms with Crippen molar-refractivity contribution < 1.29 is 5.21 Å². The second kappa shape index (κ2) is 4.64. The van der Waals surface area contributed by atoms with Crippen molar-refractivity contribution in [1.29, 1.82) is 0 Å². The molecule has 0 heterocycles. The number of rotatable bonds is 4. The average molecular weight is 199 g/mol. The van der Waals surface area contributed by atoms with E-state index in [9.17, 15) is 0 Å². The number of nitrogens with two attached hydrogens (primary N) is 1. The summed E-state index contributed by atoms with van der Waals surface area (Å²) in [7, 11) is 0. The fraction of sp³-hybridized carbons (Fsp3) is 0.900. The number of hydrogen-bond donors (Lipinski definition) is 3. The maximum absolute atomic E-state index is 8.62. The third-order valence-corrected chi connectivity index (χ3v) is 3.11. The predicted octanol–water partition coefficient (Wildman–Crippen LogP) is 1.43. The number of nitrogens with one attached hydrogen (secondary N) is 1. The summed E-state index contributed by atoms with van der Waals surface area (Å²) < 4.78 is 0. The molecule has 0 bridgehead atoms. The second-order valence-corrected chi connectivity index (χ2v) is 4.40. The molecular weight excluding hydrogens is 178 g/mol. The molecule has 0 amide bonds. The first kappa shape index (κ1) is 11.3. The number of amidine groups is 1. The van der Waals surface area contributed by atoms with Crippen LogP contribution in [0.15, 0.2) is 5.16 Å². The molecule has 0 aromatic rings. The first-order chi connectivity index (χ1) is 6.61. The summed E-state index contributed by atoms with van der Waals surface area (Å²) >= 11 is 0. The quantitative estimate of drug-likeness (QED) is 0.278. The van der Waals surface area contributed by atoms with Crippen molar-refractivity contribution in [2.24, 2.45) is 10.9 Å². The van der Waals surface area contributed by atoms with Crippen molar-refractivity contribution in [3.63, 3.8) is 0 Å². The zero-order valence-electron chi connectivity index (χ0n) is 9.08. The fourth-order valence-electron chi connectivity index (χ4n) is 2.18. The van der Waals surface area contributed by atoms with E-state index in [1.54, 1.807) is 0 Å². The summed E-state index contributed by atoms with van der Waals surface area (Å²) in [5.74, 6) is 0.292. The van der Waals surface area contributed by atoms with E-state index in [0.717, 1.165) is 6.42 Å². The summed E-state index contributed by atoms with van der Waals surface area (Å²) in [5.41, 5.74) is 5.78. The van der Waals surface area contributed by atoms with Gasteiger partial charge in [-0.2, -0.15) is 0 Å². The highest BCUT2D eigenvalue weighted by Gasteiger charge is 2.31. The molecule has 0 spiro atoms. The van der Waals surface area contributed by atoms with Crippen LogP contribution in [0, 0.1) is 0 Å². The van der Waals surface area contributed by atoms with Gasteiger partial charge in [-0.3, -0.25) is 0 Å². The van der Waals surface area contributed by atoms with Gasteiger partial charge in [0.2, 0.25) is 0 Å². The Morgan fingerprint density at radius 2 is 2.14 bits per heavy atom. The molecule has 4 nitrogen and oxygen atoms in total. The Kier molecular flexibility index (Phi) is 3.75. The van der Waals surface area contributed by atoms with E-state index in [4.69, 9.17) is 10.9 Å². The van der Waals surface area contributed by atoms with Crippen LogP contribution < -0.4 is 11.1 Å². The van der Waals surface area contributed by atoms with Gasteiger partial charge in [0.1, 0.15) is 0 Å². The van der Waals surface area contributed by atoms with Crippen LogP contribution in [0.1, 0.15) is 46.0 Å². The Morgan fingerprint density at radius 3 is 2.57 bits per heavy atom. The highest BCUT2D eigenvalue weighted by Crippen LogP contribution is 2.29. The van der Waals surface area contributed by atoms with Crippen molar-refractivity contribution in [3.05, 3.63) is 0 Å². The van der Waals surface area contributed by atoms with Crippen LogP contribution in [0.5, 0.6) is 0 Å². The van der Waals surface area contributed by atoms with Gasteiger partial charge in [0, 0.05) is 5.54 Å². The van der Waals surface area contributed by atoms with Gasteiger partial charge in [0.15, 0.2) is 5.84 Å². The lowest BCUT2D eigenvalue weighted by atomic mass is 9.98. The lowest BCUT2D eigenvalue weighted by molar-refractivity contribution is 0.303. The maximum Gasteiger partial charge on any atom is 0.156 e. The average Bonchev–Trinajstić information content (AvgIpc) is 2.61. The summed E-state index contributed by atoms with van der Waals surface area (Å²) in [6.07, 6.45) is 5.77. The normalized spacial score (nSPS) is 23.7. The van der Waals surface area contributed by atoms with E-state index >= 15 is 0 Å². The highest BCUT2D eigenvalue weighted by molar-refractivity contribution is 5.85. The van der Waals surface area contributed by atoms with E-state index in [1.165, 1.54) is 25.7 Å². The van der Waals surface area contributed by atoms with Gasteiger partial charge >= 0.3 is 0 Å². The second-order valence-electron chi connectivity index (χ2n) is 4.40. The maximum atomic E-state index is 8.62. The van der Waals surface area contributed by atoms with Gasteiger partial charge in [-0.25, -0.2) is 0 Å². The van der Waals surface area contributed by atoms with E-state index in [0.29, 0.717) is 5.84 Å². The van der Waals surface area contributed by atoms with Crippen LogP contribution in [0.3, 0.4) is 0 Å². The molecule has 1 aliphatic rings. The lowest BCUT2D eigenvalue weighted by Crippen LogP contribution is -2.51. The molecule has 14 heavy (non-hydrogen) atoms. The van der Waals surface area contributed by atoms with Gasteiger partial charge in [-0.15, -0.1) is 0 Å². The number of nitrogens with zero attached hydrogens (tertiary/aromatic N) is 1. The predicted molar refractivity (Wildman–Crippen MR) is 57.5 cm³/mol. The van der Waals surface area contributed by atoms with E-state index in [1.807, 2.05) is 6.92 Å². The van der Waals surface area contributed by atoms with E-state index < -0.39 is 0 Å². The largest absolute Gasteiger partial charge is 0.409 e. The van der Waals surface area contributed by atoms with Crippen LogP contribution in [0.2, 0.25) is 0 Å². The Labute approximate surface area is 85.6 Å². The monoisotopic (exact) mass is 199 g/mol. The molecule has 0 radical (unpaired) electrons. The molecule has 0 aliphatic heterocycles. The molecular formula is C10H21N3O. The van der Waals surface area contributed by atoms with Crippen molar-refractivity contribution in [2.45, 2.75) is 57.5 Å². The first-order valence-corrected chi connectivity index (χ1v) is 5.36. The van der Waals surface area contributed by atoms with Crippen LogP contribution >= 0.6 is 0 Å². The summed E-state index contributed by atoms with van der Waals surface area (Å²) in [5, 5.41) is 15.2. The van der Waals surface area contributed by atoms with Crippen molar-refractivity contribution in [1.82, 2.24) is 5.32 Å². The number of hydrogen-bond acceptors (Lipinski definition) is 3. The zero-order valence-corrected chi connectivity index (χ0v) is 9.08. The summed E-state index contributed by atoms with van der Waals surface area (Å²) in [6, 6.07) is 0.00287. The van der Waals surface area contributed by atoms with Crippen molar-refractivity contribution >= 4 is 5.84 Å². The van der Waals surface area contributed by atoms with Crippen LogP contribution in [-0.2, 0) is 0 Å². The third kappa shape index (κ3) is 2.61. The molecule has 0 aromatic heterocycles. The molecule has 82 valence electrons. The van der Waals surface area contributed by atoms with Crippen LogP contribution in [-0.4, -0.2) is 22.6 Å². The van der Waals surface area contributed by atoms with E-state index in [2.05, 4.69) is 17.4 Å². The highest BCUT2D eigenvalue weighted by atomic mass is 16.4. The minimum absolute atomic E-state index is 0.00287. The molecule has 1 fully saturated rings. The Balaban J connectivity index is 2.55. The molecule has 1 unspecified atom stereocenters. The van der Waals surface area contributed by atoms with Gasteiger partial charge in [0.25, 0.3) is 0 Å². The molecule has 1 rings (SSSR count). The Morgan fingerprint density at radius 1 is 1.57 bits per heavy atom. The fourth-order valence-corrected chi connectivity index (χ4v) is 2.18. The summed E-state index contributed by atoms with van der Waals surface area (Å²) in [4.78, 5) is 0. The van der Waals surface area contributed by atoms with Gasteiger partial charge in [-0.1, -0.05) is 24.9 Å². The van der Waals surface area contributed by atoms with E-state index in [-0.39, 0.29) is 11.6 Å². The van der Waals surface area contributed by atoms with Gasteiger partial charge in [-0.05, 0) is 26.2 Å². The molecule has 0 saturated heterocycles. The zero-order chi connectivity index (χ0) is 10.6. The van der Waals surface area contributed by atoms with Gasteiger partial charge < -0.3 is 16.3 Å². The smallest absolute Gasteiger partial charge is 0.156 e. The molecule has 1 aliphatic carbocycles. The topological polar surface area (TPSA) is 70.6 Å². The Hall–Kier alpha value is -0.770. The van der Waals surface area contributed by atoms with Crippen molar-refractivity contribution in [3.8, 4) is 0 Å². The van der Waals surface area contributed by atoms with Crippen LogP contribution in [0.25, 0.3) is 0 Å². The molecule has 1 atom stereocenters. The first-order valence-electron chi connectivity index (χ1n) is 5.36. The lowest BCUT2D eigenvalue weighted by Gasteiger charge is -2.30. The minimum Gasteiger partial charge on any atom is -0.409 e. The summed E-state index contributed by atoms with van der Waals surface area (Å²) in [6.45, 7) is 4.25. The van der Waals surface area contributed by atoms with Gasteiger partial charge in [0.05, 0.1) is 6.04 Å². The SMILES string of the molecule is CCC(NC1(C)CCCC1)C(N)=NO. The number of oxime groups is 1. The third-order valence-electron chi connectivity index (χ3n) is 3.11. The van der Waals surface area contributed by atoms with Crippen LogP contribution in [0.4, 0.5) is 0 Å². The molecule has 1 saturated carbocycles. The standard InChI is InChI=1S/C10H21N3O/c1-3-8(9(11)13-14)12-10(2)6-4-5-7-10/h8,12,14H,3-7H2,1-2H3,(H2,11,13). The molecule has 4 N–H and O–H groups in total. The molecule has 4 heteroatoms. The molecule has 0 aromatic carbocycles. The Bertz CT molecular complexity index is 209.